The molecule has 0 radical (unpaired) electrons. The summed E-state index contributed by atoms with van der Waals surface area (Å²) in [6.07, 6.45) is 1.70. The molecule has 28 heavy (non-hydrogen) atoms. The van der Waals surface area contributed by atoms with E-state index in [0.717, 1.165) is 24.1 Å². The maximum Gasteiger partial charge on any atom is 0.264 e. The van der Waals surface area contributed by atoms with Crippen LogP contribution in [0.4, 0.5) is 5.69 Å². The van der Waals surface area contributed by atoms with E-state index in [1.807, 2.05) is 39.0 Å². The number of carbonyl (C=O) groups excluding carboxylic acids is 1. The van der Waals surface area contributed by atoms with Gasteiger partial charge in [0.1, 0.15) is 5.75 Å². The summed E-state index contributed by atoms with van der Waals surface area (Å²) in [6.45, 7) is 6.30. The zero-order valence-corrected chi connectivity index (χ0v) is 17.7. The van der Waals surface area contributed by atoms with Crippen molar-refractivity contribution in [1.82, 2.24) is 4.72 Å². The molecule has 6 nitrogen and oxygen atoms in total. The van der Waals surface area contributed by atoms with E-state index >= 15 is 0 Å². The van der Waals surface area contributed by atoms with E-state index in [1.165, 1.54) is 17.7 Å². The smallest absolute Gasteiger partial charge is 0.264 e. The Hall–Kier alpha value is -2.38. The van der Waals surface area contributed by atoms with Gasteiger partial charge in [0.05, 0.1) is 4.90 Å². The van der Waals surface area contributed by atoms with Gasteiger partial charge in [0, 0.05) is 19.3 Å². The topological polar surface area (TPSA) is 75.7 Å². The minimum absolute atomic E-state index is 0.135. The molecule has 152 valence electrons. The van der Waals surface area contributed by atoms with Gasteiger partial charge >= 0.3 is 0 Å². The number of rotatable bonds is 9. The van der Waals surface area contributed by atoms with Gasteiger partial charge in [-0.25, -0.2) is 13.1 Å². The van der Waals surface area contributed by atoms with Gasteiger partial charge in [0.2, 0.25) is 10.0 Å². The molecule has 0 unspecified atom stereocenters. The molecule has 2 aromatic rings. The van der Waals surface area contributed by atoms with Crippen LogP contribution in [0.3, 0.4) is 0 Å². The van der Waals surface area contributed by atoms with Gasteiger partial charge in [-0.15, -0.1) is 0 Å². The average Bonchev–Trinajstić information content (AvgIpc) is 2.68. The van der Waals surface area contributed by atoms with Crippen molar-refractivity contribution in [2.75, 3.05) is 25.1 Å². The van der Waals surface area contributed by atoms with Crippen LogP contribution in [-0.4, -0.2) is 34.5 Å². The monoisotopic (exact) mass is 404 g/mol. The zero-order valence-electron chi connectivity index (χ0n) is 16.9. The number of nitrogens with one attached hydrogen (secondary N) is 1. The third kappa shape index (κ3) is 5.81. The number of benzene rings is 2. The second-order valence-electron chi connectivity index (χ2n) is 6.73. The van der Waals surface area contributed by atoms with E-state index in [2.05, 4.69) is 4.72 Å². The van der Waals surface area contributed by atoms with Crippen LogP contribution in [0, 0.1) is 13.8 Å². The Morgan fingerprint density at radius 1 is 1.07 bits per heavy atom. The van der Waals surface area contributed by atoms with Crippen molar-refractivity contribution in [2.45, 2.75) is 38.5 Å². The van der Waals surface area contributed by atoms with Gasteiger partial charge in [0.15, 0.2) is 6.61 Å². The highest BCUT2D eigenvalue weighted by molar-refractivity contribution is 7.89. The second-order valence-corrected chi connectivity index (χ2v) is 8.50. The van der Waals surface area contributed by atoms with Crippen molar-refractivity contribution < 1.29 is 17.9 Å². The number of anilines is 1. The summed E-state index contributed by atoms with van der Waals surface area (Å²) in [5, 5.41) is 0. The minimum Gasteiger partial charge on any atom is -0.484 e. The first-order valence-electron chi connectivity index (χ1n) is 9.31. The summed E-state index contributed by atoms with van der Waals surface area (Å²) in [5.74, 6) is 0.246. The van der Waals surface area contributed by atoms with Gasteiger partial charge in [-0.2, -0.15) is 0 Å². The summed E-state index contributed by atoms with van der Waals surface area (Å²) in [6, 6.07) is 11.9. The number of likely N-dealkylation sites (N-methyl/N-ethyl adjacent to an activating group) is 1. The lowest BCUT2D eigenvalue weighted by Gasteiger charge is -2.19. The van der Waals surface area contributed by atoms with Gasteiger partial charge in [-0.1, -0.05) is 19.4 Å². The van der Waals surface area contributed by atoms with Crippen molar-refractivity contribution in [3.63, 3.8) is 0 Å². The van der Waals surface area contributed by atoms with Crippen LogP contribution in [0.1, 0.15) is 30.9 Å². The number of sulfonamides is 1. The number of hydrogen-bond acceptors (Lipinski definition) is 4. The SMILES string of the molecule is CCCCNS(=O)(=O)c1ccc(OCC(=O)N(C)c2ccc(C)c(C)c2)cc1. The fourth-order valence-electron chi connectivity index (χ4n) is 2.50. The largest absolute Gasteiger partial charge is 0.484 e. The zero-order chi connectivity index (χ0) is 20.7. The molecule has 0 atom stereocenters. The van der Waals surface area contributed by atoms with Crippen molar-refractivity contribution >= 4 is 21.6 Å². The number of carbonyl (C=O) groups is 1. The van der Waals surface area contributed by atoms with Gasteiger partial charge in [0.25, 0.3) is 5.91 Å². The van der Waals surface area contributed by atoms with Crippen molar-refractivity contribution in [1.29, 1.82) is 0 Å². The van der Waals surface area contributed by atoms with Crippen LogP contribution >= 0.6 is 0 Å². The molecule has 0 heterocycles. The quantitative estimate of drug-likeness (QED) is 0.650. The number of hydrogen-bond donors (Lipinski definition) is 1. The number of unbranched alkanes of at least 4 members (excludes halogenated alkanes) is 1. The molecule has 0 aliphatic heterocycles. The average molecular weight is 405 g/mol. The van der Waals surface area contributed by atoms with Crippen LogP contribution < -0.4 is 14.4 Å². The molecule has 0 saturated carbocycles. The summed E-state index contributed by atoms with van der Waals surface area (Å²) >= 11 is 0. The molecular weight excluding hydrogens is 376 g/mol. The lowest BCUT2D eigenvalue weighted by Crippen LogP contribution is -2.31. The lowest BCUT2D eigenvalue weighted by molar-refractivity contribution is -0.120. The molecule has 7 heteroatoms. The third-order valence-corrected chi connectivity index (χ3v) is 6.05. The highest BCUT2D eigenvalue weighted by Crippen LogP contribution is 2.19. The fraction of sp³-hybridized carbons (Fsp3) is 0.381. The summed E-state index contributed by atoms with van der Waals surface area (Å²) in [5.41, 5.74) is 3.08. The van der Waals surface area contributed by atoms with E-state index in [9.17, 15) is 13.2 Å². The molecule has 1 N–H and O–H groups in total. The first-order valence-corrected chi connectivity index (χ1v) is 10.8. The molecule has 0 aliphatic rings. The van der Waals surface area contributed by atoms with E-state index in [4.69, 9.17) is 4.74 Å². The molecule has 2 aromatic carbocycles. The standard InChI is InChI=1S/C21H28N2O4S/c1-5-6-13-22-28(25,26)20-11-9-19(10-12-20)27-15-21(24)23(4)18-8-7-16(2)17(3)14-18/h7-12,14,22H,5-6,13,15H2,1-4H3. The minimum atomic E-state index is -3.52. The van der Waals surface area contributed by atoms with Gasteiger partial charge in [-0.3, -0.25) is 4.79 Å². The highest BCUT2D eigenvalue weighted by Gasteiger charge is 2.15. The Morgan fingerprint density at radius 2 is 1.75 bits per heavy atom. The van der Waals surface area contributed by atoms with Crippen molar-refractivity contribution in [3.05, 3.63) is 53.6 Å². The molecule has 0 fully saturated rings. The van der Waals surface area contributed by atoms with Crippen LogP contribution in [-0.2, 0) is 14.8 Å². The van der Waals surface area contributed by atoms with E-state index in [-0.39, 0.29) is 17.4 Å². The van der Waals surface area contributed by atoms with Gasteiger partial charge < -0.3 is 9.64 Å². The maximum atomic E-state index is 12.4. The number of aryl methyl sites for hydroxylation is 2. The lowest BCUT2D eigenvalue weighted by atomic mass is 10.1. The summed E-state index contributed by atoms with van der Waals surface area (Å²) in [7, 11) is -1.82. The van der Waals surface area contributed by atoms with E-state index in [0.29, 0.717) is 12.3 Å². The van der Waals surface area contributed by atoms with Gasteiger partial charge in [-0.05, 0) is 67.8 Å². The number of ether oxygens (including phenoxy) is 1. The second kappa shape index (κ2) is 9.71. The summed E-state index contributed by atoms with van der Waals surface area (Å²) in [4.78, 5) is 14.1. The normalized spacial score (nSPS) is 11.3. The Bertz CT molecular complexity index is 909. The first-order chi connectivity index (χ1) is 13.2. The van der Waals surface area contributed by atoms with E-state index in [1.54, 1.807) is 24.1 Å². The Balaban J connectivity index is 1.95. The number of amides is 1. The molecule has 0 aliphatic carbocycles. The highest BCUT2D eigenvalue weighted by atomic mass is 32.2. The molecule has 0 bridgehead atoms. The predicted octanol–water partition coefficient (Wildman–Crippen LogP) is 3.42. The molecule has 2 rings (SSSR count). The van der Waals surface area contributed by atoms with Crippen LogP contribution in [0.15, 0.2) is 47.4 Å². The van der Waals surface area contributed by atoms with Crippen LogP contribution in [0.2, 0.25) is 0 Å². The Kier molecular flexibility index (Phi) is 7.60. The Labute approximate surface area is 167 Å². The first kappa shape index (κ1) is 21.9. The molecular formula is C21H28N2O4S. The maximum absolute atomic E-state index is 12.4. The van der Waals surface area contributed by atoms with Crippen molar-refractivity contribution in [2.24, 2.45) is 0 Å². The number of nitrogens with zero attached hydrogens (tertiary/aromatic N) is 1. The predicted molar refractivity (Wildman–Crippen MR) is 111 cm³/mol. The molecule has 1 amide bonds. The Morgan fingerprint density at radius 3 is 2.36 bits per heavy atom. The third-order valence-electron chi connectivity index (χ3n) is 4.57. The van der Waals surface area contributed by atoms with Crippen molar-refractivity contribution in [3.8, 4) is 5.75 Å². The molecule has 0 spiro atoms. The van der Waals surface area contributed by atoms with Crippen LogP contribution in [0.5, 0.6) is 5.75 Å². The summed E-state index contributed by atoms with van der Waals surface area (Å²) < 4.78 is 32.4. The fourth-order valence-corrected chi connectivity index (χ4v) is 3.58. The molecule has 0 saturated heterocycles. The van der Waals surface area contributed by atoms with Crippen LogP contribution in [0.25, 0.3) is 0 Å². The molecule has 0 aromatic heterocycles. The van der Waals surface area contributed by atoms with E-state index < -0.39 is 10.0 Å².